The van der Waals surface area contributed by atoms with Crippen LogP contribution in [0.5, 0.6) is 0 Å². The van der Waals surface area contributed by atoms with Gasteiger partial charge in [-0.1, -0.05) is 31.2 Å². The Kier molecular flexibility index (Phi) is 5.09. The van der Waals surface area contributed by atoms with Gasteiger partial charge in [0.05, 0.1) is 12.6 Å². The van der Waals surface area contributed by atoms with E-state index in [9.17, 15) is 5.11 Å². The van der Waals surface area contributed by atoms with Crippen molar-refractivity contribution in [1.82, 2.24) is 19.7 Å². The Bertz CT molecular complexity index is 574. The molecule has 1 aromatic carbocycles. The molecule has 1 aromatic heterocycles. The first-order valence-corrected chi connectivity index (χ1v) is 7.33. The van der Waals surface area contributed by atoms with Gasteiger partial charge in [0, 0.05) is 12.1 Å². The number of aryl methyl sites for hydroxylation is 1. The molecule has 1 heterocycles. The summed E-state index contributed by atoms with van der Waals surface area (Å²) in [5.74, 6) is 1.54. The molecule has 0 radical (unpaired) electrons. The van der Waals surface area contributed by atoms with Crippen molar-refractivity contribution >= 4 is 0 Å². The molecular formula is C16H24N4O. The molecule has 114 valence electrons. The lowest BCUT2D eigenvalue weighted by atomic mass is 10.1. The van der Waals surface area contributed by atoms with Crippen LogP contribution in [0.25, 0.3) is 11.4 Å². The third-order valence-electron chi connectivity index (χ3n) is 3.34. The van der Waals surface area contributed by atoms with E-state index in [1.807, 2.05) is 13.8 Å². The van der Waals surface area contributed by atoms with Gasteiger partial charge in [-0.2, -0.15) is 5.10 Å². The third kappa shape index (κ3) is 4.12. The first kappa shape index (κ1) is 15.7. The summed E-state index contributed by atoms with van der Waals surface area (Å²) in [6, 6.07) is 8.36. The van der Waals surface area contributed by atoms with Gasteiger partial charge in [-0.3, -0.25) is 0 Å². The minimum absolute atomic E-state index is 0.391. The van der Waals surface area contributed by atoms with Crippen molar-refractivity contribution in [3.8, 4) is 11.4 Å². The first-order valence-electron chi connectivity index (χ1n) is 7.33. The molecule has 1 atom stereocenters. The predicted molar refractivity (Wildman–Crippen MR) is 83.9 cm³/mol. The molecule has 0 fully saturated rings. The maximum Gasteiger partial charge on any atom is 0.158 e. The highest BCUT2D eigenvalue weighted by atomic mass is 16.3. The molecule has 0 saturated heterocycles. The number of nitrogens with zero attached hydrogens (tertiary/aromatic N) is 4. The second-order valence-electron chi connectivity index (χ2n) is 5.66. The maximum atomic E-state index is 9.84. The summed E-state index contributed by atoms with van der Waals surface area (Å²) < 4.78 is 1.80. The maximum absolute atomic E-state index is 9.84. The van der Waals surface area contributed by atoms with Gasteiger partial charge < -0.3 is 10.0 Å². The van der Waals surface area contributed by atoms with Crippen molar-refractivity contribution in [3.63, 3.8) is 0 Å². The minimum Gasteiger partial charge on any atom is -0.391 e. The van der Waals surface area contributed by atoms with Crippen LogP contribution >= 0.6 is 0 Å². The Balaban J connectivity index is 2.24. The topological polar surface area (TPSA) is 54.2 Å². The number of aliphatic hydroxyl groups excluding tert-OH is 1. The van der Waals surface area contributed by atoms with Gasteiger partial charge in [0.1, 0.15) is 5.82 Å². The Morgan fingerprint density at radius 3 is 2.48 bits per heavy atom. The molecule has 0 amide bonds. The normalized spacial score (nSPS) is 12.9. The van der Waals surface area contributed by atoms with Crippen LogP contribution in [0.15, 0.2) is 24.3 Å². The van der Waals surface area contributed by atoms with Crippen molar-refractivity contribution in [2.45, 2.75) is 39.5 Å². The molecule has 0 aliphatic carbocycles. The van der Waals surface area contributed by atoms with Gasteiger partial charge in [0.2, 0.25) is 0 Å². The highest BCUT2D eigenvalue weighted by molar-refractivity contribution is 5.55. The number of hydrogen-bond acceptors (Lipinski definition) is 4. The highest BCUT2D eigenvalue weighted by Crippen LogP contribution is 2.19. The van der Waals surface area contributed by atoms with E-state index in [1.165, 1.54) is 5.56 Å². The molecule has 5 heteroatoms. The van der Waals surface area contributed by atoms with Crippen LogP contribution in [0.3, 0.4) is 0 Å². The van der Waals surface area contributed by atoms with Crippen LogP contribution in [0.4, 0.5) is 0 Å². The summed E-state index contributed by atoms with van der Waals surface area (Å²) in [5.41, 5.74) is 2.29. The van der Waals surface area contributed by atoms with Gasteiger partial charge in [0.25, 0.3) is 0 Å². The van der Waals surface area contributed by atoms with Crippen molar-refractivity contribution < 1.29 is 5.11 Å². The monoisotopic (exact) mass is 288 g/mol. The predicted octanol–water partition coefficient (Wildman–Crippen LogP) is 2.09. The van der Waals surface area contributed by atoms with Crippen LogP contribution in [0.2, 0.25) is 0 Å². The van der Waals surface area contributed by atoms with Crippen LogP contribution in [0.1, 0.15) is 24.7 Å². The molecule has 2 rings (SSSR count). The second-order valence-corrected chi connectivity index (χ2v) is 5.66. The molecule has 1 N–H and O–H groups in total. The Morgan fingerprint density at radius 1 is 1.24 bits per heavy atom. The first-order chi connectivity index (χ1) is 9.99. The zero-order valence-electron chi connectivity index (χ0n) is 13.2. The van der Waals surface area contributed by atoms with Crippen LogP contribution < -0.4 is 0 Å². The van der Waals surface area contributed by atoms with Crippen molar-refractivity contribution in [2.75, 3.05) is 14.1 Å². The van der Waals surface area contributed by atoms with Crippen molar-refractivity contribution in [1.29, 1.82) is 0 Å². The average molecular weight is 288 g/mol. The highest BCUT2D eigenvalue weighted by Gasteiger charge is 2.12. The summed E-state index contributed by atoms with van der Waals surface area (Å²) in [4.78, 5) is 6.63. The molecule has 0 unspecified atom stereocenters. The molecule has 0 aliphatic heterocycles. The SMILES string of the molecule is CC[C@H](O)Cn1nc(C)nc1-c1ccc(CN(C)C)cc1. The molecule has 2 aromatic rings. The fourth-order valence-electron chi connectivity index (χ4n) is 2.25. The van der Waals surface area contributed by atoms with E-state index in [1.54, 1.807) is 4.68 Å². The van der Waals surface area contributed by atoms with E-state index < -0.39 is 6.10 Å². The molecular weight excluding hydrogens is 264 g/mol. The average Bonchev–Trinajstić information content (AvgIpc) is 2.79. The fraction of sp³-hybridized carbons (Fsp3) is 0.500. The van der Waals surface area contributed by atoms with Crippen LogP contribution in [0, 0.1) is 6.92 Å². The second kappa shape index (κ2) is 6.83. The van der Waals surface area contributed by atoms with E-state index in [-0.39, 0.29) is 0 Å². The summed E-state index contributed by atoms with van der Waals surface area (Å²) in [5, 5.41) is 14.2. The van der Waals surface area contributed by atoms with E-state index in [2.05, 4.69) is 53.3 Å². The zero-order valence-corrected chi connectivity index (χ0v) is 13.2. The summed E-state index contributed by atoms with van der Waals surface area (Å²) in [7, 11) is 4.11. The number of aromatic nitrogens is 3. The Morgan fingerprint density at radius 2 is 1.90 bits per heavy atom. The van der Waals surface area contributed by atoms with E-state index in [0.29, 0.717) is 13.0 Å². The fourth-order valence-corrected chi connectivity index (χ4v) is 2.25. The zero-order chi connectivity index (χ0) is 15.4. The lowest BCUT2D eigenvalue weighted by Crippen LogP contribution is -2.16. The number of hydrogen-bond donors (Lipinski definition) is 1. The quantitative estimate of drug-likeness (QED) is 0.884. The minimum atomic E-state index is -0.391. The Hall–Kier alpha value is -1.72. The van der Waals surface area contributed by atoms with E-state index in [0.717, 1.165) is 23.8 Å². The van der Waals surface area contributed by atoms with Gasteiger partial charge >= 0.3 is 0 Å². The van der Waals surface area contributed by atoms with Gasteiger partial charge in [0.15, 0.2) is 5.82 Å². The number of benzene rings is 1. The van der Waals surface area contributed by atoms with Gasteiger partial charge in [-0.05, 0) is 33.0 Å². The molecule has 5 nitrogen and oxygen atoms in total. The van der Waals surface area contributed by atoms with Crippen LogP contribution in [-0.4, -0.2) is 45.0 Å². The molecule has 0 saturated carbocycles. The van der Waals surface area contributed by atoms with Crippen LogP contribution in [-0.2, 0) is 13.1 Å². The molecule has 0 aliphatic rings. The molecule has 21 heavy (non-hydrogen) atoms. The van der Waals surface area contributed by atoms with Crippen molar-refractivity contribution in [3.05, 3.63) is 35.7 Å². The largest absolute Gasteiger partial charge is 0.391 e. The lowest BCUT2D eigenvalue weighted by molar-refractivity contribution is 0.145. The molecule has 0 spiro atoms. The lowest BCUT2D eigenvalue weighted by Gasteiger charge is -2.12. The van der Waals surface area contributed by atoms with E-state index in [4.69, 9.17) is 0 Å². The van der Waals surface area contributed by atoms with Crippen molar-refractivity contribution in [2.24, 2.45) is 0 Å². The number of rotatable bonds is 6. The summed E-state index contributed by atoms with van der Waals surface area (Å²) in [6.45, 7) is 5.23. The third-order valence-corrected chi connectivity index (χ3v) is 3.34. The smallest absolute Gasteiger partial charge is 0.158 e. The van der Waals surface area contributed by atoms with E-state index >= 15 is 0 Å². The van der Waals surface area contributed by atoms with Gasteiger partial charge in [-0.25, -0.2) is 9.67 Å². The number of aliphatic hydroxyl groups is 1. The standard InChI is InChI=1S/C16H24N4O/c1-5-15(21)11-20-16(17-12(2)18-20)14-8-6-13(7-9-14)10-19(3)4/h6-9,15,21H,5,10-11H2,1-4H3/t15-/m0/s1. The van der Waals surface area contributed by atoms with Gasteiger partial charge in [-0.15, -0.1) is 0 Å². The Labute approximate surface area is 126 Å². The molecule has 0 bridgehead atoms. The summed E-state index contributed by atoms with van der Waals surface area (Å²) in [6.07, 6.45) is 0.318. The summed E-state index contributed by atoms with van der Waals surface area (Å²) >= 11 is 0.